The lowest BCUT2D eigenvalue weighted by atomic mass is 10.0. The molecule has 1 aromatic carbocycles. The number of carbonyl (C=O) groups is 2. The van der Waals surface area contributed by atoms with Crippen LogP contribution in [0.15, 0.2) is 47.1 Å². The van der Waals surface area contributed by atoms with Crippen molar-refractivity contribution in [1.82, 2.24) is 10.3 Å². The van der Waals surface area contributed by atoms with Gasteiger partial charge in [-0.1, -0.05) is 24.3 Å². The Labute approximate surface area is 130 Å². The smallest absolute Gasteiger partial charge is 0.307 e. The summed E-state index contributed by atoms with van der Waals surface area (Å²) in [5.41, 5.74) is 1.76. The zero-order valence-corrected chi connectivity index (χ0v) is 12.6. The van der Waals surface area contributed by atoms with Crippen molar-refractivity contribution in [3.8, 4) is 0 Å². The number of carboxylic acid groups (broad SMARTS) is 1. The fourth-order valence-corrected chi connectivity index (χ4v) is 2.31. The number of pyridine rings is 1. The van der Waals surface area contributed by atoms with Crippen molar-refractivity contribution >= 4 is 27.8 Å². The van der Waals surface area contributed by atoms with Crippen LogP contribution in [0.3, 0.4) is 0 Å². The van der Waals surface area contributed by atoms with E-state index in [0.29, 0.717) is 15.7 Å². The van der Waals surface area contributed by atoms with E-state index in [4.69, 9.17) is 5.11 Å². The Hall–Kier alpha value is -2.21. The van der Waals surface area contributed by atoms with Gasteiger partial charge in [-0.25, -0.2) is 4.98 Å². The van der Waals surface area contributed by atoms with Crippen molar-refractivity contribution in [3.05, 3.63) is 63.9 Å². The third-order valence-corrected chi connectivity index (χ3v) is 3.51. The first-order chi connectivity index (χ1) is 10.1. The molecule has 0 aliphatic heterocycles. The van der Waals surface area contributed by atoms with E-state index < -0.39 is 5.97 Å². The van der Waals surface area contributed by atoms with E-state index in [-0.39, 0.29) is 18.9 Å². The summed E-state index contributed by atoms with van der Waals surface area (Å²) in [5, 5.41) is 11.6. The summed E-state index contributed by atoms with van der Waals surface area (Å²) < 4.78 is 0.612. The molecule has 0 atom stereocenters. The molecular weight excluding hydrogens is 336 g/mol. The highest BCUT2D eigenvalue weighted by Crippen LogP contribution is 2.14. The van der Waals surface area contributed by atoms with Crippen LogP contribution in [0, 0.1) is 0 Å². The summed E-state index contributed by atoms with van der Waals surface area (Å²) in [5.74, 6) is -1.21. The lowest BCUT2D eigenvalue weighted by Gasteiger charge is -2.09. The summed E-state index contributed by atoms with van der Waals surface area (Å²) in [6.45, 7) is 0.255. The monoisotopic (exact) mass is 348 g/mol. The molecule has 0 saturated carbocycles. The molecule has 0 fully saturated rings. The number of carbonyl (C=O) groups excluding carboxylic acids is 1. The molecule has 0 saturated heterocycles. The minimum absolute atomic E-state index is 0.0701. The fraction of sp³-hybridized carbons (Fsp3) is 0.133. The highest BCUT2D eigenvalue weighted by Gasteiger charge is 2.12. The maximum Gasteiger partial charge on any atom is 0.307 e. The Kier molecular flexibility index (Phi) is 5.05. The summed E-state index contributed by atoms with van der Waals surface area (Å²) in [6, 6.07) is 10.6. The fourth-order valence-electron chi connectivity index (χ4n) is 1.88. The molecule has 108 valence electrons. The van der Waals surface area contributed by atoms with E-state index >= 15 is 0 Å². The van der Waals surface area contributed by atoms with E-state index in [0.717, 1.165) is 5.56 Å². The van der Waals surface area contributed by atoms with Crippen LogP contribution in [0.2, 0.25) is 0 Å². The van der Waals surface area contributed by atoms with Crippen molar-refractivity contribution in [2.45, 2.75) is 13.0 Å². The summed E-state index contributed by atoms with van der Waals surface area (Å²) in [6.07, 6.45) is 1.47. The third kappa shape index (κ3) is 4.13. The molecular formula is C15H13BrN2O3. The quantitative estimate of drug-likeness (QED) is 0.869. The number of hydrogen-bond donors (Lipinski definition) is 2. The number of hydrogen-bond acceptors (Lipinski definition) is 3. The van der Waals surface area contributed by atoms with Gasteiger partial charge in [-0.3, -0.25) is 9.59 Å². The molecule has 6 heteroatoms. The van der Waals surface area contributed by atoms with Crippen LogP contribution in [0.1, 0.15) is 21.6 Å². The van der Waals surface area contributed by atoms with E-state index in [1.165, 1.54) is 6.20 Å². The lowest BCUT2D eigenvalue weighted by molar-refractivity contribution is -0.136. The van der Waals surface area contributed by atoms with Crippen LogP contribution >= 0.6 is 15.9 Å². The molecule has 5 nitrogen and oxygen atoms in total. The maximum atomic E-state index is 12.1. The number of aliphatic carboxylic acids is 1. The van der Waals surface area contributed by atoms with Crippen LogP contribution in [0.5, 0.6) is 0 Å². The first kappa shape index (κ1) is 15.2. The number of rotatable bonds is 5. The molecule has 0 aliphatic carbocycles. The molecule has 2 aromatic rings. The SMILES string of the molecule is O=C(O)Cc1ccccc1CNC(=O)c1ncccc1Br. The number of amides is 1. The van der Waals surface area contributed by atoms with Crippen LogP contribution in [0.4, 0.5) is 0 Å². The maximum absolute atomic E-state index is 12.1. The number of halogens is 1. The van der Waals surface area contributed by atoms with Crippen molar-refractivity contribution in [3.63, 3.8) is 0 Å². The Morgan fingerprint density at radius 3 is 2.52 bits per heavy atom. The second kappa shape index (κ2) is 6.99. The molecule has 1 aromatic heterocycles. The van der Waals surface area contributed by atoms with Crippen LogP contribution in [0.25, 0.3) is 0 Å². The van der Waals surface area contributed by atoms with E-state index in [2.05, 4.69) is 26.2 Å². The molecule has 0 aliphatic rings. The topological polar surface area (TPSA) is 79.3 Å². The van der Waals surface area contributed by atoms with Gasteiger partial charge < -0.3 is 10.4 Å². The number of nitrogens with one attached hydrogen (secondary N) is 1. The second-order valence-electron chi connectivity index (χ2n) is 4.36. The first-order valence-electron chi connectivity index (χ1n) is 6.25. The van der Waals surface area contributed by atoms with Gasteiger partial charge in [0.2, 0.25) is 0 Å². The molecule has 0 unspecified atom stereocenters. The van der Waals surface area contributed by atoms with Crippen LogP contribution < -0.4 is 5.32 Å². The van der Waals surface area contributed by atoms with Crippen molar-refractivity contribution < 1.29 is 14.7 Å². The first-order valence-corrected chi connectivity index (χ1v) is 7.04. The highest BCUT2D eigenvalue weighted by atomic mass is 79.9. The Morgan fingerprint density at radius 1 is 1.14 bits per heavy atom. The molecule has 2 rings (SSSR count). The zero-order chi connectivity index (χ0) is 15.2. The Morgan fingerprint density at radius 2 is 1.86 bits per heavy atom. The van der Waals surface area contributed by atoms with Gasteiger partial charge in [0.15, 0.2) is 0 Å². The molecule has 2 N–H and O–H groups in total. The molecule has 0 spiro atoms. The number of carboxylic acids is 1. The van der Waals surface area contributed by atoms with Crippen LogP contribution in [-0.2, 0) is 17.8 Å². The van der Waals surface area contributed by atoms with Gasteiger partial charge in [-0.2, -0.15) is 0 Å². The predicted molar refractivity (Wildman–Crippen MR) is 80.9 cm³/mol. The van der Waals surface area contributed by atoms with Gasteiger partial charge in [0, 0.05) is 17.2 Å². The minimum Gasteiger partial charge on any atom is -0.481 e. The summed E-state index contributed by atoms with van der Waals surface area (Å²) in [4.78, 5) is 26.9. The average molecular weight is 349 g/mol. The zero-order valence-electron chi connectivity index (χ0n) is 11.0. The predicted octanol–water partition coefficient (Wildman–Crippen LogP) is 2.40. The summed E-state index contributed by atoms with van der Waals surface area (Å²) >= 11 is 3.27. The van der Waals surface area contributed by atoms with E-state index in [1.54, 1.807) is 30.3 Å². The van der Waals surface area contributed by atoms with Gasteiger partial charge in [0.25, 0.3) is 5.91 Å². The number of aromatic nitrogens is 1. The van der Waals surface area contributed by atoms with Gasteiger partial charge in [0.1, 0.15) is 5.69 Å². The van der Waals surface area contributed by atoms with E-state index in [9.17, 15) is 9.59 Å². The molecule has 0 radical (unpaired) electrons. The minimum atomic E-state index is -0.902. The van der Waals surface area contributed by atoms with Gasteiger partial charge in [-0.15, -0.1) is 0 Å². The third-order valence-electron chi connectivity index (χ3n) is 2.87. The Balaban J connectivity index is 2.08. The molecule has 1 heterocycles. The molecule has 1 amide bonds. The standard InChI is InChI=1S/C15H13BrN2O3/c16-12-6-3-7-17-14(12)15(21)18-9-11-5-2-1-4-10(11)8-13(19)20/h1-7H,8-9H2,(H,18,21)(H,19,20). The number of benzene rings is 1. The van der Waals surface area contributed by atoms with E-state index in [1.807, 2.05) is 6.07 Å². The van der Waals surface area contributed by atoms with Crippen LogP contribution in [-0.4, -0.2) is 22.0 Å². The Bertz CT molecular complexity index is 673. The molecule has 21 heavy (non-hydrogen) atoms. The average Bonchev–Trinajstić information content (AvgIpc) is 2.46. The normalized spacial score (nSPS) is 10.1. The van der Waals surface area contributed by atoms with Crippen molar-refractivity contribution in [2.24, 2.45) is 0 Å². The van der Waals surface area contributed by atoms with Crippen molar-refractivity contribution in [1.29, 1.82) is 0 Å². The number of nitrogens with zero attached hydrogens (tertiary/aromatic N) is 1. The largest absolute Gasteiger partial charge is 0.481 e. The lowest BCUT2D eigenvalue weighted by Crippen LogP contribution is -2.25. The van der Waals surface area contributed by atoms with Gasteiger partial charge >= 0.3 is 5.97 Å². The molecule has 0 bridgehead atoms. The van der Waals surface area contributed by atoms with Gasteiger partial charge in [-0.05, 0) is 39.2 Å². The summed E-state index contributed by atoms with van der Waals surface area (Å²) in [7, 11) is 0. The van der Waals surface area contributed by atoms with Gasteiger partial charge in [0.05, 0.1) is 6.42 Å². The second-order valence-corrected chi connectivity index (χ2v) is 5.21. The van der Waals surface area contributed by atoms with Crippen molar-refractivity contribution in [2.75, 3.05) is 0 Å². The highest BCUT2D eigenvalue weighted by molar-refractivity contribution is 9.10.